The van der Waals surface area contributed by atoms with Crippen LogP contribution >= 0.6 is 11.6 Å². The van der Waals surface area contributed by atoms with Gasteiger partial charge in [-0.1, -0.05) is 17.7 Å². The van der Waals surface area contributed by atoms with E-state index in [1.807, 2.05) is 0 Å². The first-order valence-electron chi connectivity index (χ1n) is 6.66. The van der Waals surface area contributed by atoms with E-state index in [2.05, 4.69) is 5.32 Å². The molecule has 0 heterocycles. The molecule has 0 spiro atoms. The number of ether oxygens (including phenoxy) is 1. The first kappa shape index (κ1) is 18.2. The minimum absolute atomic E-state index is 0.0487. The Labute approximate surface area is 143 Å². The van der Waals surface area contributed by atoms with Gasteiger partial charge in [0.15, 0.2) is 0 Å². The van der Waals surface area contributed by atoms with Crippen LogP contribution in [-0.4, -0.2) is 21.4 Å². The van der Waals surface area contributed by atoms with Gasteiger partial charge in [0.2, 0.25) is 15.9 Å². The maximum atomic E-state index is 13.7. The molecule has 0 aromatic heterocycles. The lowest BCUT2D eigenvalue weighted by Gasteiger charge is -2.11. The number of benzene rings is 2. The number of methoxy groups -OCH3 is 1. The number of anilines is 1. The molecule has 3 N–H and O–H groups in total. The van der Waals surface area contributed by atoms with Gasteiger partial charge in [-0.2, -0.15) is 0 Å². The Bertz CT molecular complexity index is 867. The topological polar surface area (TPSA) is 98.5 Å². The van der Waals surface area contributed by atoms with Crippen molar-refractivity contribution in [3.05, 3.63) is 52.8 Å². The lowest BCUT2D eigenvalue weighted by atomic mass is 10.1. The number of sulfonamides is 1. The Morgan fingerprint density at radius 1 is 1.33 bits per heavy atom. The van der Waals surface area contributed by atoms with Gasteiger partial charge in [-0.25, -0.2) is 17.9 Å². The molecule has 0 radical (unpaired) electrons. The third-order valence-electron chi connectivity index (χ3n) is 3.15. The molecule has 2 rings (SSSR count). The molecule has 0 aliphatic rings. The smallest absolute Gasteiger partial charge is 0.241 e. The summed E-state index contributed by atoms with van der Waals surface area (Å²) in [6.07, 6.45) is -0.303. The molecule has 0 fully saturated rings. The number of carbonyl (C=O) groups excluding carboxylic acids is 1. The third-order valence-corrected chi connectivity index (χ3v) is 4.44. The van der Waals surface area contributed by atoms with Crippen molar-refractivity contribution in [3.8, 4) is 5.75 Å². The van der Waals surface area contributed by atoms with Crippen molar-refractivity contribution in [2.75, 3.05) is 12.4 Å². The molecule has 9 heteroatoms. The van der Waals surface area contributed by atoms with Gasteiger partial charge >= 0.3 is 0 Å². The molecule has 0 atom stereocenters. The SMILES string of the molecule is COc1ccc(NC(=O)Cc2c(F)cccc2Cl)cc1S(N)(=O)=O. The number of nitrogens with two attached hydrogens (primary N) is 1. The quantitative estimate of drug-likeness (QED) is 0.841. The summed E-state index contributed by atoms with van der Waals surface area (Å²) in [6.45, 7) is 0. The highest BCUT2D eigenvalue weighted by molar-refractivity contribution is 7.89. The maximum Gasteiger partial charge on any atom is 0.241 e. The molecule has 0 saturated heterocycles. The Kier molecular flexibility index (Phi) is 5.43. The van der Waals surface area contributed by atoms with Gasteiger partial charge in [0, 0.05) is 16.3 Å². The zero-order valence-corrected chi connectivity index (χ0v) is 14.1. The summed E-state index contributed by atoms with van der Waals surface area (Å²) in [5.41, 5.74) is 0.231. The lowest BCUT2D eigenvalue weighted by Crippen LogP contribution is -2.17. The number of carbonyl (C=O) groups is 1. The van der Waals surface area contributed by atoms with E-state index in [1.54, 1.807) is 0 Å². The minimum atomic E-state index is -4.03. The van der Waals surface area contributed by atoms with Gasteiger partial charge in [0.05, 0.1) is 13.5 Å². The van der Waals surface area contributed by atoms with Crippen molar-refractivity contribution in [2.24, 2.45) is 5.14 Å². The number of hydrogen-bond acceptors (Lipinski definition) is 4. The molecule has 0 aliphatic heterocycles. The lowest BCUT2D eigenvalue weighted by molar-refractivity contribution is -0.115. The first-order valence-corrected chi connectivity index (χ1v) is 8.58. The molecule has 24 heavy (non-hydrogen) atoms. The van der Waals surface area contributed by atoms with Crippen LogP contribution in [-0.2, 0) is 21.2 Å². The van der Waals surface area contributed by atoms with Crippen LogP contribution in [0.2, 0.25) is 5.02 Å². The summed E-state index contributed by atoms with van der Waals surface area (Å²) in [5, 5.41) is 7.71. The zero-order chi connectivity index (χ0) is 17.9. The molecule has 0 unspecified atom stereocenters. The van der Waals surface area contributed by atoms with E-state index in [0.717, 1.165) is 6.07 Å². The molecule has 0 aliphatic carbocycles. The second kappa shape index (κ2) is 7.16. The van der Waals surface area contributed by atoms with Gasteiger partial charge in [0.1, 0.15) is 16.5 Å². The van der Waals surface area contributed by atoms with Crippen LogP contribution in [0.1, 0.15) is 5.56 Å². The summed E-state index contributed by atoms with van der Waals surface area (Å²) in [5.74, 6) is -1.11. The van der Waals surface area contributed by atoms with Crippen LogP contribution in [0.5, 0.6) is 5.75 Å². The summed E-state index contributed by atoms with van der Waals surface area (Å²) >= 11 is 5.87. The number of halogens is 2. The summed E-state index contributed by atoms with van der Waals surface area (Å²) in [6, 6.07) is 8.05. The maximum absolute atomic E-state index is 13.7. The Balaban J connectivity index is 2.24. The monoisotopic (exact) mass is 372 g/mol. The molecule has 6 nitrogen and oxygen atoms in total. The third kappa shape index (κ3) is 4.22. The van der Waals surface area contributed by atoms with Gasteiger partial charge in [-0.3, -0.25) is 4.79 Å². The molecule has 2 aromatic carbocycles. The first-order chi connectivity index (χ1) is 11.2. The highest BCUT2D eigenvalue weighted by Gasteiger charge is 2.17. The zero-order valence-electron chi connectivity index (χ0n) is 12.5. The Hall–Kier alpha value is -2.16. The van der Waals surface area contributed by atoms with Crippen LogP contribution in [0.4, 0.5) is 10.1 Å². The standard InChI is InChI=1S/C15H14ClFN2O4S/c1-23-13-6-5-9(7-14(13)24(18,21)22)19-15(20)8-10-11(16)3-2-4-12(10)17/h2-7H,8H2,1H3,(H,19,20)(H2,18,21,22). The molecule has 0 saturated carbocycles. The highest BCUT2D eigenvalue weighted by Crippen LogP contribution is 2.26. The average Bonchev–Trinajstić information content (AvgIpc) is 2.50. The molecule has 2 aromatic rings. The van der Waals surface area contributed by atoms with Gasteiger partial charge in [-0.15, -0.1) is 0 Å². The van der Waals surface area contributed by atoms with Gasteiger partial charge in [-0.05, 0) is 30.3 Å². The summed E-state index contributed by atoms with van der Waals surface area (Å²) < 4.78 is 41.7. The molecule has 128 valence electrons. The van der Waals surface area contributed by atoms with E-state index >= 15 is 0 Å². The van der Waals surface area contributed by atoms with Crippen LogP contribution < -0.4 is 15.2 Å². The second-order valence-electron chi connectivity index (χ2n) is 4.84. The van der Waals surface area contributed by atoms with E-state index in [4.69, 9.17) is 21.5 Å². The average molecular weight is 373 g/mol. The van der Waals surface area contributed by atoms with Gasteiger partial charge < -0.3 is 10.1 Å². The predicted molar refractivity (Wildman–Crippen MR) is 88.1 cm³/mol. The highest BCUT2D eigenvalue weighted by atomic mass is 35.5. The molecule has 0 bridgehead atoms. The van der Waals surface area contributed by atoms with E-state index in [-0.39, 0.29) is 33.3 Å². The van der Waals surface area contributed by atoms with E-state index in [9.17, 15) is 17.6 Å². The largest absolute Gasteiger partial charge is 0.495 e. The fraction of sp³-hybridized carbons (Fsp3) is 0.133. The number of amides is 1. The van der Waals surface area contributed by atoms with Gasteiger partial charge in [0.25, 0.3) is 0 Å². The predicted octanol–water partition coefficient (Wildman–Crippen LogP) is 2.32. The molecule has 1 amide bonds. The van der Waals surface area contributed by atoms with Crippen molar-refractivity contribution in [1.82, 2.24) is 0 Å². The van der Waals surface area contributed by atoms with Crippen LogP contribution in [0.25, 0.3) is 0 Å². The van der Waals surface area contributed by atoms with Crippen LogP contribution in [0, 0.1) is 5.82 Å². The normalized spacial score (nSPS) is 11.2. The fourth-order valence-electron chi connectivity index (χ4n) is 2.04. The van der Waals surface area contributed by atoms with Crippen molar-refractivity contribution in [2.45, 2.75) is 11.3 Å². The second-order valence-corrected chi connectivity index (χ2v) is 6.77. The minimum Gasteiger partial charge on any atom is -0.495 e. The number of hydrogen-bond donors (Lipinski definition) is 2. The van der Waals surface area contributed by atoms with Crippen molar-refractivity contribution >= 4 is 33.2 Å². The number of rotatable bonds is 5. The van der Waals surface area contributed by atoms with E-state index in [1.165, 1.54) is 37.4 Å². The van der Waals surface area contributed by atoms with E-state index < -0.39 is 21.7 Å². The fourth-order valence-corrected chi connectivity index (χ4v) is 3.00. The summed E-state index contributed by atoms with van der Waals surface area (Å²) in [4.78, 5) is 11.8. The van der Waals surface area contributed by atoms with E-state index in [0.29, 0.717) is 0 Å². The van der Waals surface area contributed by atoms with Crippen LogP contribution in [0.3, 0.4) is 0 Å². The van der Waals surface area contributed by atoms with Crippen molar-refractivity contribution in [1.29, 1.82) is 0 Å². The molecular formula is C15H14ClFN2O4S. The number of primary sulfonamides is 1. The molecular weight excluding hydrogens is 359 g/mol. The number of nitrogens with one attached hydrogen (secondary N) is 1. The Morgan fingerprint density at radius 2 is 2.04 bits per heavy atom. The van der Waals surface area contributed by atoms with Crippen LogP contribution in [0.15, 0.2) is 41.3 Å². The Morgan fingerprint density at radius 3 is 2.62 bits per heavy atom. The summed E-state index contributed by atoms with van der Waals surface area (Å²) in [7, 11) is -2.74. The van der Waals surface area contributed by atoms with Crippen molar-refractivity contribution in [3.63, 3.8) is 0 Å². The van der Waals surface area contributed by atoms with Crippen molar-refractivity contribution < 1.29 is 22.3 Å².